The molecule has 10 heteroatoms. The molecule has 1 atom stereocenters. The van der Waals surface area contributed by atoms with Crippen LogP contribution in [0.3, 0.4) is 0 Å². The van der Waals surface area contributed by atoms with Crippen LogP contribution in [0.4, 0.5) is 10.1 Å². The number of hydrogen-bond acceptors (Lipinski definition) is 5. The Morgan fingerprint density at radius 1 is 1.43 bits per heavy atom. The van der Waals surface area contributed by atoms with Gasteiger partial charge in [-0.1, -0.05) is 11.6 Å². The Kier molecular flexibility index (Phi) is 3.98. The third-order valence-electron chi connectivity index (χ3n) is 3.21. The summed E-state index contributed by atoms with van der Waals surface area (Å²) in [7, 11) is -7.59. The molecule has 0 aromatic heterocycles. The molecule has 0 spiro atoms. The van der Waals surface area contributed by atoms with Crippen molar-refractivity contribution in [2.24, 2.45) is 0 Å². The normalized spacial score (nSPS) is 25.1. The van der Waals surface area contributed by atoms with E-state index in [-0.39, 0.29) is 22.9 Å². The second-order valence-corrected chi connectivity index (χ2v) is 9.59. The van der Waals surface area contributed by atoms with E-state index in [1.807, 2.05) is 0 Å². The van der Waals surface area contributed by atoms with Crippen molar-refractivity contribution in [3.8, 4) is 0 Å². The molecule has 1 heterocycles. The van der Waals surface area contributed by atoms with E-state index < -0.39 is 41.8 Å². The average molecular weight is 357 g/mol. The van der Waals surface area contributed by atoms with Gasteiger partial charge in [0.15, 0.2) is 15.7 Å². The molecule has 118 valence electrons. The number of anilines is 1. The fraction of sp³-hybridized carbons (Fsp3) is 0.455. The van der Waals surface area contributed by atoms with Crippen LogP contribution in [0.15, 0.2) is 17.0 Å². The summed E-state index contributed by atoms with van der Waals surface area (Å²) in [6, 6.07) is 2.03. The van der Waals surface area contributed by atoms with Gasteiger partial charge in [0.05, 0.1) is 17.2 Å². The number of halogens is 2. The Bertz CT molecular complexity index is 795. The van der Waals surface area contributed by atoms with Crippen molar-refractivity contribution in [1.29, 1.82) is 0 Å². The lowest BCUT2D eigenvalue weighted by atomic mass is 10.0. The van der Waals surface area contributed by atoms with E-state index in [0.29, 0.717) is 0 Å². The molecule has 1 unspecified atom stereocenters. The molecule has 1 aromatic carbocycles. The molecule has 0 aliphatic carbocycles. The number of sulfone groups is 1. The van der Waals surface area contributed by atoms with Crippen molar-refractivity contribution in [3.63, 3.8) is 0 Å². The minimum Gasteiger partial charge on any atom is -0.396 e. The quantitative estimate of drug-likeness (QED) is 0.783. The van der Waals surface area contributed by atoms with Crippen molar-refractivity contribution in [3.05, 3.63) is 23.0 Å². The second-order valence-electron chi connectivity index (χ2n) is 5.32. The maximum Gasteiger partial charge on any atom is 0.244 e. The standard InChI is InChI=1S/C11H14ClFN2O4S2/c1-11(2-3-20(16,17)6-11)15-21(18,19)9-5-7(12)4-8(14)10(9)13/h4-5,15H,2-3,6,14H2,1H3. The first-order valence-corrected chi connectivity index (χ1v) is 9.61. The Labute approximate surface area is 127 Å². The van der Waals surface area contributed by atoms with Crippen LogP contribution in [0.25, 0.3) is 0 Å². The Morgan fingerprint density at radius 3 is 2.57 bits per heavy atom. The predicted octanol–water partition coefficient (Wildman–Crippen LogP) is 0.917. The van der Waals surface area contributed by atoms with Crippen molar-refractivity contribution in [2.45, 2.75) is 23.8 Å². The molecule has 2 rings (SSSR count). The van der Waals surface area contributed by atoms with Gasteiger partial charge >= 0.3 is 0 Å². The summed E-state index contributed by atoms with van der Waals surface area (Å²) in [5, 5.41) is -0.0292. The van der Waals surface area contributed by atoms with Crippen molar-refractivity contribution >= 4 is 37.1 Å². The van der Waals surface area contributed by atoms with Crippen LogP contribution in [-0.4, -0.2) is 33.9 Å². The molecular weight excluding hydrogens is 343 g/mol. The molecule has 0 amide bonds. The van der Waals surface area contributed by atoms with Gasteiger partial charge in [-0.15, -0.1) is 0 Å². The highest BCUT2D eigenvalue weighted by molar-refractivity contribution is 7.92. The van der Waals surface area contributed by atoms with Crippen LogP contribution in [0.5, 0.6) is 0 Å². The SMILES string of the molecule is CC1(NS(=O)(=O)c2cc(Cl)cc(N)c2F)CCS(=O)(=O)C1. The van der Waals surface area contributed by atoms with E-state index in [9.17, 15) is 21.2 Å². The van der Waals surface area contributed by atoms with E-state index in [1.165, 1.54) is 6.92 Å². The van der Waals surface area contributed by atoms with Crippen molar-refractivity contribution in [1.82, 2.24) is 4.72 Å². The monoisotopic (exact) mass is 356 g/mol. The summed E-state index contributed by atoms with van der Waals surface area (Å²) in [5.41, 5.74) is 3.78. The Morgan fingerprint density at radius 2 is 2.05 bits per heavy atom. The largest absolute Gasteiger partial charge is 0.396 e. The molecule has 1 aliphatic heterocycles. The van der Waals surface area contributed by atoms with Crippen LogP contribution < -0.4 is 10.5 Å². The first kappa shape index (κ1) is 16.5. The number of rotatable bonds is 3. The lowest BCUT2D eigenvalue weighted by Gasteiger charge is -2.23. The Balaban J connectivity index is 2.41. The first-order valence-electron chi connectivity index (χ1n) is 5.93. The van der Waals surface area contributed by atoms with Gasteiger partial charge < -0.3 is 5.73 Å². The third kappa shape index (κ3) is 3.47. The maximum atomic E-state index is 13.9. The van der Waals surface area contributed by atoms with Crippen LogP contribution in [0, 0.1) is 5.82 Å². The van der Waals surface area contributed by atoms with Gasteiger partial charge in [0.2, 0.25) is 10.0 Å². The smallest absolute Gasteiger partial charge is 0.244 e. The summed E-state index contributed by atoms with van der Waals surface area (Å²) in [4.78, 5) is -0.696. The van der Waals surface area contributed by atoms with E-state index in [4.69, 9.17) is 17.3 Å². The summed E-state index contributed by atoms with van der Waals surface area (Å²) >= 11 is 5.69. The van der Waals surface area contributed by atoms with Gasteiger partial charge in [-0.2, -0.15) is 0 Å². The predicted molar refractivity (Wildman–Crippen MR) is 77.8 cm³/mol. The number of nitrogen functional groups attached to an aromatic ring is 1. The number of nitrogens with one attached hydrogen (secondary N) is 1. The lowest BCUT2D eigenvalue weighted by molar-refractivity contribution is 0.459. The summed E-state index contributed by atoms with van der Waals surface area (Å²) in [6.07, 6.45) is 0.117. The first-order chi connectivity index (χ1) is 9.44. The van der Waals surface area contributed by atoms with Crippen LogP contribution >= 0.6 is 11.6 Å². The topological polar surface area (TPSA) is 106 Å². The molecule has 1 fully saturated rings. The summed E-state index contributed by atoms with van der Waals surface area (Å²) in [5.74, 6) is -1.57. The van der Waals surface area contributed by atoms with Gasteiger partial charge in [-0.05, 0) is 25.5 Å². The highest BCUT2D eigenvalue weighted by Gasteiger charge is 2.42. The molecule has 1 saturated heterocycles. The fourth-order valence-corrected chi connectivity index (χ4v) is 6.30. The molecule has 0 radical (unpaired) electrons. The number of sulfonamides is 1. The molecule has 0 saturated carbocycles. The molecule has 1 aliphatic rings. The lowest BCUT2D eigenvalue weighted by Crippen LogP contribution is -2.47. The number of hydrogen-bond donors (Lipinski definition) is 2. The molecule has 6 nitrogen and oxygen atoms in total. The van der Waals surface area contributed by atoms with E-state index >= 15 is 0 Å². The van der Waals surface area contributed by atoms with E-state index in [2.05, 4.69) is 4.72 Å². The molecule has 3 N–H and O–H groups in total. The number of nitrogens with two attached hydrogens (primary N) is 1. The number of benzene rings is 1. The summed E-state index contributed by atoms with van der Waals surface area (Å²) < 4.78 is 63.7. The highest BCUT2D eigenvalue weighted by Crippen LogP contribution is 2.29. The van der Waals surface area contributed by atoms with Gasteiger partial charge in [0.25, 0.3) is 0 Å². The third-order valence-corrected chi connectivity index (χ3v) is 6.96. The van der Waals surface area contributed by atoms with Gasteiger partial charge in [-0.3, -0.25) is 0 Å². The maximum absolute atomic E-state index is 13.9. The fourth-order valence-electron chi connectivity index (χ4n) is 2.25. The van der Waals surface area contributed by atoms with Gasteiger partial charge in [0, 0.05) is 10.6 Å². The van der Waals surface area contributed by atoms with Crippen molar-refractivity contribution in [2.75, 3.05) is 17.2 Å². The molecule has 1 aromatic rings. The van der Waals surface area contributed by atoms with Crippen molar-refractivity contribution < 1.29 is 21.2 Å². The molecule has 0 bridgehead atoms. The zero-order valence-electron chi connectivity index (χ0n) is 11.1. The zero-order chi connectivity index (χ0) is 16.1. The minimum atomic E-state index is -4.28. The van der Waals surface area contributed by atoms with Gasteiger partial charge in [-0.25, -0.2) is 25.9 Å². The highest BCUT2D eigenvalue weighted by atomic mass is 35.5. The molecule has 21 heavy (non-hydrogen) atoms. The second kappa shape index (κ2) is 5.08. The van der Waals surface area contributed by atoms with Gasteiger partial charge in [0.1, 0.15) is 4.90 Å². The Hall–Kier alpha value is -0.900. The van der Waals surface area contributed by atoms with Crippen LogP contribution in [0.2, 0.25) is 5.02 Å². The van der Waals surface area contributed by atoms with Crippen LogP contribution in [-0.2, 0) is 19.9 Å². The van der Waals surface area contributed by atoms with Crippen LogP contribution in [0.1, 0.15) is 13.3 Å². The zero-order valence-corrected chi connectivity index (χ0v) is 13.4. The van der Waals surface area contributed by atoms with E-state index in [0.717, 1.165) is 12.1 Å². The summed E-state index contributed by atoms with van der Waals surface area (Å²) in [6.45, 7) is 1.46. The minimum absolute atomic E-state index is 0.0292. The van der Waals surface area contributed by atoms with E-state index in [1.54, 1.807) is 0 Å². The average Bonchev–Trinajstić information content (AvgIpc) is 2.56. The molecular formula is C11H14ClFN2O4S2.